The van der Waals surface area contributed by atoms with Gasteiger partial charge in [-0.1, -0.05) is 26.7 Å². The molecule has 0 aliphatic heterocycles. The number of halogens is 1. The molecule has 1 saturated carbocycles. The van der Waals surface area contributed by atoms with E-state index in [2.05, 4.69) is 24.1 Å². The molecule has 1 N–H and O–H groups in total. The highest BCUT2D eigenvalue weighted by molar-refractivity contribution is 5.20. The summed E-state index contributed by atoms with van der Waals surface area (Å²) in [7, 11) is 0. The van der Waals surface area contributed by atoms with Crippen molar-refractivity contribution >= 4 is 0 Å². The number of pyridine rings is 1. The van der Waals surface area contributed by atoms with Gasteiger partial charge >= 0.3 is 0 Å². The number of nitrogens with zero attached hydrogens (tertiary/aromatic N) is 1. The van der Waals surface area contributed by atoms with Crippen LogP contribution in [-0.2, 0) is 0 Å². The van der Waals surface area contributed by atoms with E-state index < -0.39 is 0 Å². The number of hydrogen-bond donors (Lipinski definition) is 1. The second-order valence-corrected chi connectivity index (χ2v) is 6.06. The standard InChI is InChI=1S/C17H27FN2/c1-3-8-19-11-14-6-5-13(4-2)10-16(14)15-7-9-20-12-17(15)18/h7,9,12-14,16,19H,3-6,8,10-11H2,1-2H3. The van der Waals surface area contributed by atoms with E-state index in [1.165, 1.54) is 25.5 Å². The van der Waals surface area contributed by atoms with E-state index in [1.807, 2.05) is 6.07 Å². The zero-order chi connectivity index (χ0) is 14.4. The molecular weight excluding hydrogens is 251 g/mol. The van der Waals surface area contributed by atoms with E-state index in [0.29, 0.717) is 11.8 Å². The largest absolute Gasteiger partial charge is 0.316 e. The molecule has 2 nitrogen and oxygen atoms in total. The Morgan fingerprint density at radius 1 is 1.35 bits per heavy atom. The third-order valence-corrected chi connectivity index (χ3v) is 4.72. The van der Waals surface area contributed by atoms with Gasteiger partial charge in [0, 0.05) is 6.20 Å². The van der Waals surface area contributed by atoms with Crippen molar-refractivity contribution in [3.05, 3.63) is 29.8 Å². The molecule has 0 aromatic carbocycles. The SMILES string of the molecule is CCCNCC1CCC(CC)CC1c1ccncc1F. The summed E-state index contributed by atoms with van der Waals surface area (Å²) in [5.41, 5.74) is 0.876. The van der Waals surface area contributed by atoms with Crippen molar-refractivity contribution < 1.29 is 4.39 Å². The Labute approximate surface area is 122 Å². The maximum atomic E-state index is 14.1. The number of hydrogen-bond acceptors (Lipinski definition) is 2. The van der Waals surface area contributed by atoms with Crippen LogP contribution in [0.25, 0.3) is 0 Å². The first kappa shape index (κ1) is 15.4. The molecule has 3 atom stereocenters. The molecule has 1 fully saturated rings. The lowest BCUT2D eigenvalue weighted by atomic mass is 9.70. The van der Waals surface area contributed by atoms with Crippen molar-refractivity contribution in [2.45, 2.75) is 51.9 Å². The molecule has 0 saturated heterocycles. The van der Waals surface area contributed by atoms with Gasteiger partial charge in [0.25, 0.3) is 0 Å². The number of rotatable bonds is 6. The molecule has 20 heavy (non-hydrogen) atoms. The van der Waals surface area contributed by atoms with Crippen LogP contribution in [-0.4, -0.2) is 18.1 Å². The predicted octanol–water partition coefficient (Wildman–Crippen LogP) is 4.13. The van der Waals surface area contributed by atoms with Gasteiger partial charge in [-0.05, 0) is 61.7 Å². The van der Waals surface area contributed by atoms with Gasteiger partial charge < -0.3 is 5.32 Å². The third kappa shape index (κ3) is 3.78. The van der Waals surface area contributed by atoms with Crippen LogP contribution in [0.3, 0.4) is 0 Å². The minimum Gasteiger partial charge on any atom is -0.316 e. The van der Waals surface area contributed by atoms with Crippen molar-refractivity contribution in [3.63, 3.8) is 0 Å². The van der Waals surface area contributed by atoms with Gasteiger partial charge in [-0.25, -0.2) is 4.39 Å². The summed E-state index contributed by atoms with van der Waals surface area (Å²) in [5, 5.41) is 3.52. The van der Waals surface area contributed by atoms with Gasteiger partial charge in [-0.3, -0.25) is 4.98 Å². The highest BCUT2D eigenvalue weighted by Crippen LogP contribution is 2.42. The van der Waals surface area contributed by atoms with E-state index in [4.69, 9.17) is 0 Å². The van der Waals surface area contributed by atoms with Crippen LogP contribution >= 0.6 is 0 Å². The lowest BCUT2D eigenvalue weighted by Crippen LogP contribution is -2.32. The highest BCUT2D eigenvalue weighted by atomic mass is 19.1. The first-order valence-electron chi connectivity index (χ1n) is 8.06. The van der Waals surface area contributed by atoms with Gasteiger partial charge in [0.1, 0.15) is 5.82 Å². The molecule has 1 aliphatic carbocycles. The maximum Gasteiger partial charge on any atom is 0.144 e. The van der Waals surface area contributed by atoms with Crippen LogP contribution in [0.1, 0.15) is 57.4 Å². The lowest BCUT2D eigenvalue weighted by molar-refractivity contribution is 0.222. The molecule has 0 radical (unpaired) electrons. The van der Waals surface area contributed by atoms with Gasteiger partial charge in [-0.15, -0.1) is 0 Å². The van der Waals surface area contributed by atoms with E-state index in [-0.39, 0.29) is 5.82 Å². The van der Waals surface area contributed by atoms with Gasteiger partial charge in [0.05, 0.1) is 6.20 Å². The normalized spacial score (nSPS) is 26.6. The van der Waals surface area contributed by atoms with Crippen LogP contribution in [0, 0.1) is 17.7 Å². The van der Waals surface area contributed by atoms with Crippen molar-refractivity contribution in [3.8, 4) is 0 Å². The Kier molecular flexibility index (Phi) is 5.96. The van der Waals surface area contributed by atoms with Crippen molar-refractivity contribution in [1.29, 1.82) is 0 Å². The highest BCUT2D eigenvalue weighted by Gasteiger charge is 2.32. The zero-order valence-corrected chi connectivity index (χ0v) is 12.7. The molecule has 0 amide bonds. The molecule has 1 aliphatic rings. The average Bonchev–Trinajstić information content (AvgIpc) is 2.48. The Bertz CT molecular complexity index is 406. The quantitative estimate of drug-likeness (QED) is 0.791. The first-order chi connectivity index (χ1) is 9.76. The molecule has 1 aromatic rings. The topological polar surface area (TPSA) is 24.9 Å². The van der Waals surface area contributed by atoms with Crippen molar-refractivity contribution in [2.75, 3.05) is 13.1 Å². The van der Waals surface area contributed by atoms with Gasteiger partial charge in [0.2, 0.25) is 0 Å². The Morgan fingerprint density at radius 2 is 2.20 bits per heavy atom. The molecule has 3 unspecified atom stereocenters. The molecule has 0 bridgehead atoms. The van der Waals surface area contributed by atoms with E-state index in [9.17, 15) is 4.39 Å². The van der Waals surface area contributed by atoms with Crippen LogP contribution in [0.4, 0.5) is 4.39 Å². The van der Waals surface area contributed by atoms with E-state index in [1.54, 1.807) is 6.20 Å². The summed E-state index contributed by atoms with van der Waals surface area (Å²) in [6.45, 7) is 6.50. The third-order valence-electron chi connectivity index (χ3n) is 4.72. The Hall–Kier alpha value is -0.960. The summed E-state index contributed by atoms with van der Waals surface area (Å²) in [5.74, 6) is 1.52. The van der Waals surface area contributed by atoms with Crippen LogP contribution in [0.15, 0.2) is 18.5 Å². The Morgan fingerprint density at radius 3 is 2.90 bits per heavy atom. The summed E-state index contributed by atoms with van der Waals surface area (Å²) in [6, 6.07) is 1.88. The smallest absolute Gasteiger partial charge is 0.144 e. The van der Waals surface area contributed by atoms with Crippen molar-refractivity contribution in [1.82, 2.24) is 10.3 Å². The minimum absolute atomic E-state index is 0.130. The van der Waals surface area contributed by atoms with E-state index >= 15 is 0 Å². The number of nitrogens with one attached hydrogen (secondary N) is 1. The zero-order valence-electron chi connectivity index (χ0n) is 12.7. The maximum absolute atomic E-state index is 14.1. The lowest BCUT2D eigenvalue weighted by Gasteiger charge is -2.36. The fourth-order valence-corrected chi connectivity index (χ4v) is 3.47. The van der Waals surface area contributed by atoms with Crippen LogP contribution in [0.2, 0.25) is 0 Å². The average molecular weight is 278 g/mol. The first-order valence-corrected chi connectivity index (χ1v) is 8.06. The molecule has 1 aromatic heterocycles. The summed E-state index contributed by atoms with van der Waals surface area (Å²) in [6.07, 6.45) is 9.07. The van der Waals surface area contributed by atoms with Crippen molar-refractivity contribution in [2.24, 2.45) is 11.8 Å². The van der Waals surface area contributed by atoms with Crippen LogP contribution < -0.4 is 5.32 Å². The molecule has 0 spiro atoms. The molecular formula is C17H27FN2. The summed E-state index contributed by atoms with van der Waals surface area (Å²) < 4.78 is 14.1. The predicted molar refractivity (Wildman–Crippen MR) is 81.2 cm³/mol. The molecule has 112 valence electrons. The molecule has 1 heterocycles. The van der Waals surface area contributed by atoms with Crippen LogP contribution in [0.5, 0.6) is 0 Å². The number of aromatic nitrogens is 1. The second kappa shape index (κ2) is 7.72. The minimum atomic E-state index is -0.130. The van der Waals surface area contributed by atoms with E-state index in [0.717, 1.165) is 37.4 Å². The summed E-state index contributed by atoms with van der Waals surface area (Å²) >= 11 is 0. The molecule has 3 heteroatoms. The van der Waals surface area contributed by atoms with Gasteiger partial charge in [-0.2, -0.15) is 0 Å². The Balaban J connectivity index is 2.11. The molecule has 2 rings (SSSR count). The monoisotopic (exact) mass is 278 g/mol. The fraction of sp³-hybridized carbons (Fsp3) is 0.706. The summed E-state index contributed by atoms with van der Waals surface area (Å²) in [4.78, 5) is 3.89. The fourth-order valence-electron chi connectivity index (χ4n) is 3.47. The second-order valence-electron chi connectivity index (χ2n) is 6.06. The van der Waals surface area contributed by atoms with Gasteiger partial charge in [0.15, 0.2) is 0 Å².